The summed E-state index contributed by atoms with van der Waals surface area (Å²) in [5, 5.41) is 4.01. The van der Waals surface area contributed by atoms with Crippen molar-refractivity contribution in [2.45, 2.75) is 18.4 Å². The molecule has 0 atom stereocenters. The number of aromatic nitrogens is 3. The minimum atomic E-state index is -3.85. The molecule has 0 unspecified atom stereocenters. The summed E-state index contributed by atoms with van der Waals surface area (Å²) in [4.78, 5) is 3.79. The van der Waals surface area contributed by atoms with Crippen molar-refractivity contribution in [3.05, 3.63) is 72.1 Å². The van der Waals surface area contributed by atoms with Crippen LogP contribution in [0.15, 0.2) is 60.0 Å². The zero-order chi connectivity index (χ0) is 17.2. The summed E-state index contributed by atoms with van der Waals surface area (Å²) in [6.07, 6.45) is 3.05. The first-order chi connectivity index (χ1) is 11.4. The highest BCUT2D eigenvalue weighted by molar-refractivity contribution is 7.92. The highest BCUT2D eigenvalue weighted by Crippen LogP contribution is 2.20. The van der Waals surface area contributed by atoms with Gasteiger partial charge in [0, 0.05) is 5.69 Å². The number of aryl methyl sites for hydroxylation is 1. The summed E-state index contributed by atoms with van der Waals surface area (Å²) in [6, 6.07) is 10.6. The molecule has 0 bridgehead atoms. The van der Waals surface area contributed by atoms with Crippen molar-refractivity contribution in [3.8, 4) is 0 Å². The zero-order valence-electron chi connectivity index (χ0n) is 12.8. The van der Waals surface area contributed by atoms with Gasteiger partial charge in [-0.15, -0.1) is 0 Å². The largest absolute Gasteiger partial charge is 0.280 e. The van der Waals surface area contributed by atoms with E-state index in [2.05, 4.69) is 14.8 Å². The van der Waals surface area contributed by atoms with Crippen molar-refractivity contribution in [1.29, 1.82) is 0 Å². The first kappa shape index (κ1) is 16.1. The van der Waals surface area contributed by atoms with Crippen LogP contribution >= 0.6 is 0 Å². The van der Waals surface area contributed by atoms with Crippen LogP contribution < -0.4 is 4.72 Å². The lowest BCUT2D eigenvalue weighted by Gasteiger charge is -2.11. The minimum Gasteiger partial charge on any atom is -0.280 e. The number of anilines is 1. The van der Waals surface area contributed by atoms with E-state index in [0.717, 1.165) is 11.6 Å². The van der Waals surface area contributed by atoms with Crippen molar-refractivity contribution in [2.75, 3.05) is 4.72 Å². The van der Waals surface area contributed by atoms with Gasteiger partial charge in [-0.2, -0.15) is 5.10 Å². The molecule has 6 nitrogen and oxygen atoms in total. The summed E-state index contributed by atoms with van der Waals surface area (Å²) in [7, 11) is -3.85. The molecule has 24 heavy (non-hydrogen) atoms. The van der Waals surface area contributed by atoms with Gasteiger partial charge in [0.25, 0.3) is 10.0 Å². The molecule has 3 aromatic rings. The topological polar surface area (TPSA) is 76.9 Å². The van der Waals surface area contributed by atoms with Gasteiger partial charge in [0.2, 0.25) is 0 Å². The SMILES string of the molecule is Cc1ccc(F)cc1S(=O)(=O)Nc1ccc(Cn2cncn2)cc1. The van der Waals surface area contributed by atoms with Gasteiger partial charge in [-0.05, 0) is 42.3 Å². The highest BCUT2D eigenvalue weighted by atomic mass is 32.2. The molecule has 2 aromatic carbocycles. The van der Waals surface area contributed by atoms with Gasteiger partial charge in [0.15, 0.2) is 0 Å². The van der Waals surface area contributed by atoms with E-state index in [4.69, 9.17) is 0 Å². The predicted octanol–water partition coefficient (Wildman–Crippen LogP) is 2.57. The quantitative estimate of drug-likeness (QED) is 0.770. The van der Waals surface area contributed by atoms with Gasteiger partial charge in [0.05, 0.1) is 11.4 Å². The Hall–Kier alpha value is -2.74. The molecule has 3 rings (SSSR count). The van der Waals surface area contributed by atoms with E-state index in [-0.39, 0.29) is 4.90 Å². The van der Waals surface area contributed by atoms with E-state index >= 15 is 0 Å². The van der Waals surface area contributed by atoms with E-state index in [9.17, 15) is 12.8 Å². The van der Waals surface area contributed by atoms with Crippen molar-refractivity contribution in [3.63, 3.8) is 0 Å². The highest BCUT2D eigenvalue weighted by Gasteiger charge is 2.17. The van der Waals surface area contributed by atoms with Crippen molar-refractivity contribution in [1.82, 2.24) is 14.8 Å². The average molecular weight is 346 g/mol. The predicted molar refractivity (Wildman–Crippen MR) is 87.5 cm³/mol. The van der Waals surface area contributed by atoms with Crippen molar-refractivity contribution in [2.24, 2.45) is 0 Å². The maximum atomic E-state index is 13.3. The Morgan fingerprint density at radius 3 is 2.58 bits per heavy atom. The summed E-state index contributed by atoms with van der Waals surface area (Å²) < 4.78 is 42.3. The van der Waals surface area contributed by atoms with Crippen LogP contribution in [0.5, 0.6) is 0 Å². The third kappa shape index (κ3) is 3.60. The Bertz CT molecular complexity index is 939. The molecular formula is C16H15FN4O2S. The van der Waals surface area contributed by atoms with E-state index in [1.807, 2.05) is 0 Å². The van der Waals surface area contributed by atoms with Gasteiger partial charge in [0.1, 0.15) is 18.5 Å². The van der Waals surface area contributed by atoms with Crippen LogP contribution in [-0.4, -0.2) is 23.2 Å². The van der Waals surface area contributed by atoms with Gasteiger partial charge in [-0.1, -0.05) is 18.2 Å². The van der Waals surface area contributed by atoms with Crippen LogP contribution in [-0.2, 0) is 16.6 Å². The lowest BCUT2D eigenvalue weighted by Crippen LogP contribution is -2.14. The molecule has 124 valence electrons. The van der Waals surface area contributed by atoms with Crippen molar-refractivity contribution < 1.29 is 12.8 Å². The van der Waals surface area contributed by atoms with Crippen LogP contribution in [0.1, 0.15) is 11.1 Å². The number of rotatable bonds is 5. The van der Waals surface area contributed by atoms with Crippen LogP contribution in [0, 0.1) is 12.7 Å². The number of nitrogens with one attached hydrogen (secondary N) is 1. The number of halogens is 1. The second kappa shape index (κ2) is 6.40. The molecular weight excluding hydrogens is 331 g/mol. The van der Waals surface area contributed by atoms with Crippen molar-refractivity contribution >= 4 is 15.7 Å². The maximum absolute atomic E-state index is 13.3. The molecule has 0 saturated carbocycles. The molecule has 1 heterocycles. The lowest BCUT2D eigenvalue weighted by atomic mass is 10.2. The average Bonchev–Trinajstić information content (AvgIpc) is 3.04. The third-order valence-electron chi connectivity index (χ3n) is 3.46. The van der Waals surface area contributed by atoms with Crippen LogP contribution in [0.2, 0.25) is 0 Å². The number of hydrogen-bond acceptors (Lipinski definition) is 4. The summed E-state index contributed by atoms with van der Waals surface area (Å²) in [5.41, 5.74) is 1.83. The molecule has 8 heteroatoms. The van der Waals surface area contributed by atoms with Gasteiger partial charge < -0.3 is 0 Å². The van der Waals surface area contributed by atoms with E-state index in [0.29, 0.717) is 17.8 Å². The Balaban J connectivity index is 1.79. The fraction of sp³-hybridized carbons (Fsp3) is 0.125. The first-order valence-electron chi connectivity index (χ1n) is 7.14. The normalized spacial score (nSPS) is 11.4. The standard InChI is InChI=1S/C16H15FN4O2S/c1-12-2-5-14(17)8-16(12)24(22,23)20-15-6-3-13(4-7-15)9-21-11-18-10-19-21/h2-8,10-11,20H,9H2,1H3. The van der Waals surface area contributed by atoms with Gasteiger partial charge in [-0.3, -0.25) is 4.72 Å². The minimum absolute atomic E-state index is 0.0748. The second-order valence-electron chi connectivity index (χ2n) is 5.31. The van der Waals surface area contributed by atoms with E-state index in [1.54, 1.807) is 42.2 Å². The number of benzene rings is 2. The molecule has 0 aliphatic heterocycles. The first-order valence-corrected chi connectivity index (χ1v) is 8.63. The smallest absolute Gasteiger partial charge is 0.262 e. The van der Waals surface area contributed by atoms with E-state index < -0.39 is 15.8 Å². The maximum Gasteiger partial charge on any atom is 0.262 e. The molecule has 0 radical (unpaired) electrons. The summed E-state index contributed by atoms with van der Waals surface area (Å²) in [6.45, 7) is 2.16. The Labute approximate surface area is 139 Å². The zero-order valence-corrected chi connectivity index (χ0v) is 13.7. The van der Waals surface area contributed by atoms with E-state index in [1.165, 1.54) is 18.5 Å². The molecule has 0 amide bonds. The Morgan fingerprint density at radius 2 is 1.92 bits per heavy atom. The monoisotopic (exact) mass is 346 g/mol. The summed E-state index contributed by atoms with van der Waals surface area (Å²) in [5.74, 6) is -0.593. The fourth-order valence-electron chi connectivity index (χ4n) is 2.25. The molecule has 0 spiro atoms. The fourth-order valence-corrected chi connectivity index (χ4v) is 3.57. The second-order valence-corrected chi connectivity index (χ2v) is 6.96. The number of nitrogens with zero attached hydrogens (tertiary/aromatic N) is 3. The lowest BCUT2D eigenvalue weighted by molar-refractivity contribution is 0.594. The molecule has 0 aliphatic carbocycles. The van der Waals surface area contributed by atoms with Gasteiger partial charge >= 0.3 is 0 Å². The number of sulfonamides is 1. The molecule has 0 aliphatic rings. The van der Waals surface area contributed by atoms with Crippen LogP contribution in [0.25, 0.3) is 0 Å². The molecule has 1 aromatic heterocycles. The summed E-state index contributed by atoms with van der Waals surface area (Å²) >= 11 is 0. The van der Waals surface area contributed by atoms with Crippen LogP contribution in [0.3, 0.4) is 0 Å². The molecule has 0 saturated heterocycles. The Morgan fingerprint density at radius 1 is 1.17 bits per heavy atom. The third-order valence-corrected chi connectivity index (χ3v) is 4.98. The molecule has 1 N–H and O–H groups in total. The molecule has 0 fully saturated rings. The van der Waals surface area contributed by atoms with Crippen LogP contribution in [0.4, 0.5) is 10.1 Å². The Kier molecular flexibility index (Phi) is 4.30. The van der Waals surface area contributed by atoms with Gasteiger partial charge in [-0.25, -0.2) is 22.5 Å². The number of hydrogen-bond donors (Lipinski definition) is 1.